The number of aromatic carboxylic acids is 1. The Hall–Kier alpha value is -2.00. The fourth-order valence-electron chi connectivity index (χ4n) is 2.20. The summed E-state index contributed by atoms with van der Waals surface area (Å²) in [6.07, 6.45) is 2.64. The maximum absolute atomic E-state index is 10.9. The predicted molar refractivity (Wildman–Crippen MR) is 105 cm³/mol. The molecule has 0 saturated heterocycles. The van der Waals surface area contributed by atoms with Gasteiger partial charge in [0.25, 0.3) is 0 Å². The van der Waals surface area contributed by atoms with Gasteiger partial charge in [-0.15, -0.1) is 0 Å². The average Bonchev–Trinajstić information content (AvgIpc) is 2.45. The molecule has 0 atom stereocenters. The van der Waals surface area contributed by atoms with Crippen molar-refractivity contribution in [3.8, 4) is 0 Å². The molecule has 0 spiro atoms. The van der Waals surface area contributed by atoms with Crippen LogP contribution in [0.2, 0.25) is 39.3 Å². The van der Waals surface area contributed by atoms with Gasteiger partial charge in [0.1, 0.15) is 0 Å². The molecule has 0 radical (unpaired) electrons. The van der Waals surface area contributed by atoms with E-state index in [9.17, 15) is 4.79 Å². The molecule has 2 rings (SSSR count). The summed E-state index contributed by atoms with van der Waals surface area (Å²) < 4.78 is 0. The highest BCUT2D eigenvalue weighted by Crippen LogP contribution is 2.15. The molecular weight excluding hydrogens is 334 g/mol. The number of hydrogen-bond donors (Lipinski definition) is 2. The van der Waals surface area contributed by atoms with Crippen LogP contribution in [0.3, 0.4) is 0 Å². The zero-order chi connectivity index (χ0) is 18.1. The Morgan fingerprint density at radius 1 is 0.917 bits per heavy atom. The molecule has 1 aromatic carbocycles. The minimum absolute atomic E-state index is 0.0826. The van der Waals surface area contributed by atoms with Gasteiger partial charge in [-0.25, -0.2) is 14.8 Å². The average molecular weight is 360 g/mol. The van der Waals surface area contributed by atoms with Crippen LogP contribution in [-0.4, -0.2) is 37.2 Å². The molecule has 1 aromatic heterocycles. The molecular formula is C17H25N3O2Si2. The Bertz CT molecular complexity index is 716. The second-order valence-electron chi connectivity index (χ2n) is 8.02. The zero-order valence-corrected chi connectivity index (χ0v) is 17.1. The van der Waals surface area contributed by atoms with Crippen LogP contribution < -0.4 is 15.7 Å². The summed E-state index contributed by atoms with van der Waals surface area (Å²) >= 11 is 0. The molecule has 128 valence electrons. The number of nitrogens with zero attached hydrogens (tertiary/aromatic N) is 2. The quantitative estimate of drug-likeness (QED) is 0.803. The first-order chi connectivity index (χ1) is 11.0. The molecule has 0 fully saturated rings. The van der Waals surface area contributed by atoms with Crippen LogP contribution in [0, 0.1) is 0 Å². The minimum Gasteiger partial charge on any atom is -0.478 e. The molecule has 0 amide bonds. The summed E-state index contributed by atoms with van der Waals surface area (Å²) in [5.74, 6) is -0.613. The van der Waals surface area contributed by atoms with Gasteiger partial charge < -0.3 is 10.4 Å². The monoisotopic (exact) mass is 359 g/mol. The van der Waals surface area contributed by atoms with Crippen LogP contribution in [-0.2, 0) is 0 Å². The number of aromatic nitrogens is 2. The van der Waals surface area contributed by atoms with Crippen molar-refractivity contribution >= 4 is 44.1 Å². The van der Waals surface area contributed by atoms with Gasteiger partial charge in [-0.2, -0.15) is 0 Å². The lowest BCUT2D eigenvalue weighted by Gasteiger charge is -2.24. The van der Waals surface area contributed by atoms with Crippen LogP contribution in [0.15, 0.2) is 30.6 Å². The van der Waals surface area contributed by atoms with Crippen molar-refractivity contribution in [1.29, 1.82) is 0 Å². The van der Waals surface area contributed by atoms with Crippen molar-refractivity contribution in [2.45, 2.75) is 39.3 Å². The topological polar surface area (TPSA) is 75.1 Å². The Morgan fingerprint density at radius 2 is 1.38 bits per heavy atom. The van der Waals surface area contributed by atoms with Gasteiger partial charge in [0.2, 0.25) is 5.95 Å². The largest absolute Gasteiger partial charge is 0.478 e. The van der Waals surface area contributed by atoms with Crippen LogP contribution in [0.5, 0.6) is 0 Å². The van der Waals surface area contributed by atoms with Crippen molar-refractivity contribution < 1.29 is 9.90 Å². The molecule has 0 bridgehead atoms. The van der Waals surface area contributed by atoms with Crippen molar-refractivity contribution in [1.82, 2.24) is 9.97 Å². The standard InChI is InChI=1S/C17H25N3O2Si2/c1-23(2,3)14-7-13(8-15(9-14)24(4,5)6)20-17-18-10-12(11-19-17)16(21)22/h7-11H,1-6H3,(H,21,22)(H,18,19,20). The SMILES string of the molecule is C[Si](C)(C)c1cc(Nc2ncc(C(=O)O)cn2)cc([Si](C)(C)C)c1. The Morgan fingerprint density at radius 3 is 1.75 bits per heavy atom. The molecule has 24 heavy (non-hydrogen) atoms. The van der Waals surface area contributed by atoms with Crippen LogP contribution >= 0.6 is 0 Å². The van der Waals surface area contributed by atoms with E-state index in [1.165, 1.54) is 22.8 Å². The minimum atomic E-state index is -1.45. The third-order valence-electron chi connectivity index (χ3n) is 3.82. The molecule has 2 N–H and O–H groups in total. The predicted octanol–water partition coefficient (Wildman–Crippen LogP) is 3.01. The number of anilines is 2. The highest BCUT2D eigenvalue weighted by atomic mass is 28.3. The van der Waals surface area contributed by atoms with Gasteiger partial charge in [-0.1, -0.05) is 55.7 Å². The van der Waals surface area contributed by atoms with E-state index in [1.54, 1.807) is 0 Å². The second-order valence-corrected chi connectivity index (χ2v) is 18.2. The van der Waals surface area contributed by atoms with Crippen LogP contribution in [0.25, 0.3) is 0 Å². The van der Waals surface area contributed by atoms with Gasteiger partial charge in [0, 0.05) is 18.1 Å². The third kappa shape index (κ3) is 4.51. The molecule has 0 aliphatic rings. The Kier molecular flexibility index (Phi) is 4.96. The fourth-order valence-corrected chi connectivity index (χ4v) is 4.70. The second kappa shape index (κ2) is 6.48. The van der Waals surface area contributed by atoms with Gasteiger partial charge in [-0.3, -0.25) is 0 Å². The molecule has 1 heterocycles. The van der Waals surface area contributed by atoms with Crippen molar-refractivity contribution in [3.63, 3.8) is 0 Å². The van der Waals surface area contributed by atoms with Crippen molar-refractivity contribution in [2.75, 3.05) is 5.32 Å². The molecule has 5 nitrogen and oxygen atoms in total. The number of carboxylic acid groups (broad SMARTS) is 1. The van der Waals surface area contributed by atoms with E-state index in [2.05, 4.69) is 72.8 Å². The summed E-state index contributed by atoms with van der Waals surface area (Å²) in [5.41, 5.74) is 1.05. The van der Waals surface area contributed by atoms with E-state index in [4.69, 9.17) is 5.11 Å². The summed E-state index contributed by atoms with van der Waals surface area (Å²) in [6, 6.07) is 6.70. The number of nitrogens with one attached hydrogen (secondary N) is 1. The van der Waals surface area contributed by atoms with E-state index in [0.717, 1.165) is 5.69 Å². The normalized spacial score (nSPS) is 12.1. The lowest BCUT2D eigenvalue weighted by Crippen LogP contribution is -2.45. The summed E-state index contributed by atoms with van der Waals surface area (Å²) in [5, 5.41) is 14.9. The lowest BCUT2D eigenvalue weighted by molar-refractivity contribution is 0.0696. The number of benzene rings is 1. The molecule has 0 unspecified atom stereocenters. The first kappa shape index (κ1) is 18.3. The van der Waals surface area contributed by atoms with Gasteiger partial charge >= 0.3 is 5.97 Å². The lowest BCUT2D eigenvalue weighted by atomic mass is 10.3. The van der Waals surface area contributed by atoms with E-state index in [0.29, 0.717) is 5.95 Å². The smallest absolute Gasteiger partial charge is 0.338 e. The maximum Gasteiger partial charge on any atom is 0.338 e. The van der Waals surface area contributed by atoms with Crippen molar-refractivity contribution in [3.05, 3.63) is 36.2 Å². The third-order valence-corrected chi connectivity index (χ3v) is 7.86. The summed E-state index contributed by atoms with van der Waals surface area (Å²) in [7, 11) is -2.90. The first-order valence-corrected chi connectivity index (χ1v) is 15.0. The molecule has 0 saturated carbocycles. The Labute approximate surface area is 145 Å². The molecule has 2 aromatic rings. The van der Waals surface area contributed by atoms with Crippen molar-refractivity contribution in [2.24, 2.45) is 0 Å². The Balaban J connectivity index is 2.40. The number of carboxylic acids is 1. The molecule has 0 aliphatic carbocycles. The van der Waals surface area contributed by atoms with Crippen LogP contribution in [0.4, 0.5) is 11.6 Å². The first-order valence-electron chi connectivity index (χ1n) is 7.95. The number of rotatable bonds is 5. The van der Waals surface area contributed by atoms with E-state index < -0.39 is 22.1 Å². The number of carbonyl (C=O) groups is 1. The fraction of sp³-hybridized carbons (Fsp3) is 0.353. The van der Waals surface area contributed by atoms with Crippen LogP contribution in [0.1, 0.15) is 10.4 Å². The molecule has 0 aliphatic heterocycles. The van der Waals surface area contributed by atoms with Gasteiger partial charge in [-0.05, 0) is 12.1 Å². The summed E-state index contributed by atoms with van der Waals surface area (Å²) in [6.45, 7) is 14.0. The number of hydrogen-bond acceptors (Lipinski definition) is 4. The van der Waals surface area contributed by atoms with E-state index in [1.807, 2.05) is 0 Å². The van der Waals surface area contributed by atoms with E-state index in [-0.39, 0.29) is 5.56 Å². The summed E-state index contributed by atoms with van der Waals surface area (Å²) in [4.78, 5) is 19.1. The molecule has 7 heteroatoms. The highest BCUT2D eigenvalue weighted by molar-refractivity contribution is 6.91. The maximum atomic E-state index is 10.9. The highest BCUT2D eigenvalue weighted by Gasteiger charge is 2.23. The van der Waals surface area contributed by atoms with Gasteiger partial charge in [0.05, 0.1) is 21.7 Å². The zero-order valence-electron chi connectivity index (χ0n) is 15.1. The van der Waals surface area contributed by atoms with Gasteiger partial charge in [0.15, 0.2) is 0 Å². The van der Waals surface area contributed by atoms with E-state index >= 15 is 0 Å².